The summed E-state index contributed by atoms with van der Waals surface area (Å²) in [6.07, 6.45) is -6.38. The number of carboxylic acid groups (broad SMARTS) is 1. The highest BCUT2D eigenvalue weighted by atomic mass is 35.5. The summed E-state index contributed by atoms with van der Waals surface area (Å²) in [6.45, 7) is -2.91. The summed E-state index contributed by atoms with van der Waals surface area (Å²) < 4.78 is 90.6. The fraction of sp³-hybridized carbons (Fsp3) is 0.429. The standard InChI is InChI=1S/C21H18ClF6NO5/c1-9(34-20(24)25)4-14(19(31)32)29-7-15-12(6-16(29)30)17-10(2-3-13(22)18(17)23)5-11(8-33-15)21(26,27)28/h2-3,6-7,9,11,14,20H,4-5,8H2,1H3,(H,31,32). The van der Waals surface area contributed by atoms with E-state index in [0.29, 0.717) is 4.57 Å². The van der Waals surface area contributed by atoms with Crippen LogP contribution in [-0.2, 0) is 16.0 Å². The van der Waals surface area contributed by atoms with Crippen LogP contribution in [0.3, 0.4) is 0 Å². The lowest BCUT2D eigenvalue weighted by molar-refractivity contribution is -0.181. The van der Waals surface area contributed by atoms with Crippen LogP contribution in [0.1, 0.15) is 24.9 Å². The first-order valence-electron chi connectivity index (χ1n) is 9.89. The van der Waals surface area contributed by atoms with Crippen molar-refractivity contribution in [3.05, 3.63) is 51.2 Å². The minimum absolute atomic E-state index is 0.0698. The highest BCUT2D eigenvalue weighted by Crippen LogP contribution is 2.42. The number of rotatable bonds is 6. The van der Waals surface area contributed by atoms with Crippen LogP contribution in [0.15, 0.2) is 29.2 Å². The van der Waals surface area contributed by atoms with E-state index in [4.69, 9.17) is 16.3 Å². The third kappa shape index (κ3) is 5.49. The molecule has 3 unspecified atom stereocenters. The first-order valence-corrected chi connectivity index (χ1v) is 10.3. The third-order valence-corrected chi connectivity index (χ3v) is 5.67. The number of halogens is 7. The monoisotopic (exact) mass is 513 g/mol. The van der Waals surface area contributed by atoms with E-state index in [0.717, 1.165) is 18.3 Å². The molecular formula is C21H18ClF6NO5. The van der Waals surface area contributed by atoms with Gasteiger partial charge in [-0.15, -0.1) is 0 Å². The Labute approximate surface area is 193 Å². The number of nitrogens with zero attached hydrogens (tertiary/aromatic N) is 1. The molecule has 6 nitrogen and oxygen atoms in total. The van der Waals surface area contributed by atoms with Crippen LogP contribution in [0.2, 0.25) is 5.02 Å². The molecule has 0 aliphatic carbocycles. The summed E-state index contributed by atoms with van der Waals surface area (Å²) in [7, 11) is 0. The van der Waals surface area contributed by atoms with Gasteiger partial charge in [0.15, 0.2) is 0 Å². The fourth-order valence-electron chi connectivity index (χ4n) is 3.74. The Kier molecular flexibility index (Phi) is 7.51. The molecule has 0 saturated heterocycles. The summed E-state index contributed by atoms with van der Waals surface area (Å²) in [4.78, 5) is 24.6. The van der Waals surface area contributed by atoms with E-state index in [1.54, 1.807) is 0 Å². The molecule has 1 N–H and O–H groups in total. The molecule has 0 spiro atoms. The Morgan fingerprint density at radius 2 is 2.03 bits per heavy atom. The molecule has 0 fully saturated rings. The van der Waals surface area contributed by atoms with Crippen molar-refractivity contribution in [2.75, 3.05) is 6.61 Å². The normalized spacial score (nSPS) is 17.7. The van der Waals surface area contributed by atoms with Crippen molar-refractivity contribution in [2.24, 2.45) is 5.92 Å². The van der Waals surface area contributed by atoms with Crippen molar-refractivity contribution in [3.63, 3.8) is 0 Å². The molecule has 0 saturated carbocycles. The van der Waals surface area contributed by atoms with Gasteiger partial charge in [-0.2, -0.15) is 22.0 Å². The molecule has 0 radical (unpaired) electrons. The lowest BCUT2D eigenvalue weighted by Crippen LogP contribution is -2.34. The molecule has 186 valence electrons. The first-order chi connectivity index (χ1) is 15.8. The van der Waals surface area contributed by atoms with Gasteiger partial charge in [-0.3, -0.25) is 9.36 Å². The summed E-state index contributed by atoms with van der Waals surface area (Å²) in [6, 6.07) is 1.40. The predicted molar refractivity (Wildman–Crippen MR) is 108 cm³/mol. The van der Waals surface area contributed by atoms with E-state index in [9.17, 15) is 41.0 Å². The molecule has 0 amide bonds. The number of benzene rings is 1. The molecule has 3 rings (SSSR count). The highest BCUT2D eigenvalue weighted by Gasteiger charge is 2.42. The maximum absolute atomic E-state index is 15.0. The van der Waals surface area contributed by atoms with Gasteiger partial charge in [0.05, 0.1) is 23.2 Å². The van der Waals surface area contributed by atoms with Crippen molar-refractivity contribution in [1.29, 1.82) is 0 Å². The van der Waals surface area contributed by atoms with Crippen LogP contribution in [0, 0.1) is 11.7 Å². The molecule has 1 aliphatic rings. The summed E-state index contributed by atoms with van der Waals surface area (Å²) in [5.41, 5.74) is -1.63. The van der Waals surface area contributed by atoms with Crippen LogP contribution < -0.4 is 10.3 Å². The largest absolute Gasteiger partial charge is 0.491 e. The van der Waals surface area contributed by atoms with Crippen molar-refractivity contribution in [3.8, 4) is 16.9 Å². The second kappa shape index (κ2) is 9.87. The molecule has 34 heavy (non-hydrogen) atoms. The molecule has 3 atom stereocenters. The summed E-state index contributed by atoms with van der Waals surface area (Å²) >= 11 is 5.82. The molecule has 2 aromatic rings. The van der Waals surface area contributed by atoms with Crippen molar-refractivity contribution < 1.29 is 45.7 Å². The molecule has 13 heteroatoms. The van der Waals surface area contributed by atoms with Crippen molar-refractivity contribution in [1.82, 2.24) is 4.57 Å². The number of alkyl halides is 5. The number of ether oxygens (including phenoxy) is 2. The summed E-state index contributed by atoms with van der Waals surface area (Å²) in [5.74, 6) is -5.09. The third-order valence-electron chi connectivity index (χ3n) is 5.38. The maximum Gasteiger partial charge on any atom is 0.395 e. The maximum atomic E-state index is 15.0. The smallest absolute Gasteiger partial charge is 0.395 e. The highest BCUT2D eigenvalue weighted by molar-refractivity contribution is 6.31. The van der Waals surface area contributed by atoms with E-state index < -0.39 is 78.4 Å². The molecule has 0 bridgehead atoms. The van der Waals surface area contributed by atoms with E-state index in [1.807, 2.05) is 0 Å². The van der Waals surface area contributed by atoms with Gasteiger partial charge in [0, 0.05) is 23.6 Å². The van der Waals surface area contributed by atoms with Gasteiger partial charge < -0.3 is 14.6 Å². The zero-order valence-corrected chi connectivity index (χ0v) is 18.2. The van der Waals surface area contributed by atoms with E-state index in [-0.39, 0.29) is 16.7 Å². The first kappa shape index (κ1) is 25.9. The minimum Gasteiger partial charge on any atom is -0.491 e. The second-order valence-corrected chi connectivity index (χ2v) is 8.15. The number of pyridine rings is 1. The topological polar surface area (TPSA) is 77.8 Å². The quantitative estimate of drug-likeness (QED) is 0.546. The van der Waals surface area contributed by atoms with Crippen molar-refractivity contribution in [2.45, 2.75) is 44.7 Å². The van der Waals surface area contributed by atoms with Crippen LogP contribution in [-0.4, -0.2) is 41.1 Å². The molecular weight excluding hydrogens is 496 g/mol. The van der Waals surface area contributed by atoms with Gasteiger partial charge in [-0.1, -0.05) is 17.7 Å². The van der Waals surface area contributed by atoms with Crippen LogP contribution in [0.4, 0.5) is 26.3 Å². The number of fused-ring (bicyclic) bond motifs is 3. The number of carbonyl (C=O) groups is 1. The van der Waals surface area contributed by atoms with Crippen LogP contribution in [0.5, 0.6) is 5.75 Å². The Morgan fingerprint density at radius 3 is 2.62 bits per heavy atom. The van der Waals surface area contributed by atoms with Crippen LogP contribution in [0.25, 0.3) is 11.1 Å². The van der Waals surface area contributed by atoms with Gasteiger partial charge in [0.1, 0.15) is 24.2 Å². The zero-order valence-electron chi connectivity index (χ0n) is 17.4. The molecule has 1 aromatic heterocycles. The molecule has 1 aliphatic heterocycles. The lowest BCUT2D eigenvalue weighted by atomic mass is 9.90. The second-order valence-electron chi connectivity index (χ2n) is 7.74. The van der Waals surface area contributed by atoms with Crippen molar-refractivity contribution >= 4 is 17.6 Å². The Balaban J connectivity index is 2.17. The number of hydrogen-bond acceptors (Lipinski definition) is 4. The average Bonchev–Trinajstić information content (AvgIpc) is 2.69. The van der Waals surface area contributed by atoms with Gasteiger partial charge in [-0.05, 0) is 25.0 Å². The predicted octanol–water partition coefficient (Wildman–Crippen LogP) is 5.06. The SMILES string of the molecule is CC(CC(C(=O)O)n1cc2c(cc1=O)-c1c(ccc(Cl)c1F)CC(C(F)(F)F)CO2)OC(F)F. The molecule has 1 aromatic carbocycles. The molecule has 2 heterocycles. The van der Waals surface area contributed by atoms with Gasteiger partial charge in [0.25, 0.3) is 5.56 Å². The van der Waals surface area contributed by atoms with E-state index in [2.05, 4.69) is 4.74 Å². The number of aliphatic carboxylic acids is 1. The summed E-state index contributed by atoms with van der Waals surface area (Å²) in [5, 5.41) is 9.15. The Hall–Kier alpha value is -2.73. The average molecular weight is 514 g/mol. The Morgan fingerprint density at radius 1 is 1.35 bits per heavy atom. The number of hydrogen-bond donors (Lipinski definition) is 1. The Bertz CT molecular complexity index is 1140. The van der Waals surface area contributed by atoms with Gasteiger partial charge in [-0.25, -0.2) is 9.18 Å². The zero-order chi connectivity index (χ0) is 25.4. The van der Waals surface area contributed by atoms with Gasteiger partial charge >= 0.3 is 18.8 Å². The van der Waals surface area contributed by atoms with E-state index in [1.165, 1.54) is 13.0 Å². The minimum atomic E-state index is -4.70. The number of aromatic nitrogens is 1. The van der Waals surface area contributed by atoms with Crippen LogP contribution >= 0.6 is 11.6 Å². The van der Waals surface area contributed by atoms with E-state index >= 15 is 0 Å². The van der Waals surface area contributed by atoms with Gasteiger partial charge in [0.2, 0.25) is 0 Å². The number of carboxylic acids is 1. The lowest BCUT2D eigenvalue weighted by Gasteiger charge is -2.27. The fourth-order valence-corrected chi connectivity index (χ4v) is 3.90.